The number of halogens is 1. The molecule has 4 rings (SSSR count). The second-order valence-electron chi connectivity index (χ2n) is 8.05. The van der Waals surface area contributed by atoms with Gasteiger partial charge in [-0.2, -0.15) is 0 Å². The number of fused-ring (bicyclic) bond motifs is 2. The summed E-state index contributed by atoms with van der Waals surface area (Å²) in [5.41, 5.74) is 4.35. The number of aliphatic hydroxyl groups is 1. The number of Topliss-reactive ketones (excluding diaryl/α,β-unsaturated/α-hetero) is 1. The summed E-state index contributed by atoms with van der Waals surface area (Å²) in [7, 11) is 0. The zero-order chi connectivity index (χ0) is 21.5. The number of aryl methyl sites for hydroxylation is 2. The molecule has 2 unspecified atom stereocenters. The van der Waals surface area contributed by atoms with Gasteiger partial charge in [-0.15, -0.1) is 0 Å². The van der Waals surface area contributed by atoms with Gasteiger partial charge in [0.2, 0.25) is 0 Å². The summed E-state index contributed by atoms with van der Waals surface area (Å²) < 4.78 is 11.6. The van der Waals surface area contributed by atoms with Crippen molar-refractivity contribution in [3.63, 3.8) is 0 Å². The number of carbonyl (C=O) groups is 1. The third-order valence-corrected chi connectivity index (χ3v) is 6.42. The van der Waals surface area contributed by atoms with Crippen molar-refractivity contribution in [3.8, 4) is 11.1 Å². The highest BCUT2D eigenvalue weighted by atomic mass is 35.5. The van der Waals surface area contributed by atoms with Gasteiger partial charge in [-0.1, -0.05) is 36.7 Å². The molecule has 2 atom stereocenters. The van der Waals surface area contributed by atoms with E-state index in [1.54, 1.807) is 0 Å². The maximum atomic E-state index is 13.2. The fourth-order valence-corrected chi connectivity index (χ4v) is 4.78. The summed E-state index contributed by atoms with van der Waals surface area (Å²) in [6.45, 7) is 6.75. The summed E-state index contributed by atoms with van der Waals surface area (Å²) in [5.74, 6) is -0.133. The minimum absolute atomic E-state index is 0.00868. The van der Waals surface area contributed by atoms with E-state index in [0.717, 1.165) is 34.2 Å². The zero-order valence-corrected chi connectivity index (χ0v) is 18.4. The van der Waals surface area contributed by atoms with Gasteiger partial charge in [0.25, 0.3) is 0 Å². The number of hydrogen-bond acceptors (Lipinski definition) is 4. The fourth-order valence-electron chi connectivity index (χ4n) is 4.56. The molecule has 2 aliphatic rings. The molecule has 1 saturated heterocycles. The molecule has 2 bridgehead atoms. The summed E-state index contributed by atoms with van der Waals surface area (Å²) in [4.78, 5) is 13.2. The van der Waals surface area contributed by atoms with Crippen LogP contribution >= 0.6 is 11.6 Å². The van der Waals surface area contributed by atoms with E-state index in [2.05, 4.69) is 13.0 Å². The van der Waals surface area contributed by atoms with Gasteiger partial charge in [-0.3, -0.25) is 4.79 Å². The Bertz CT molecular complexity index is 1030. The van der Waals surface area contributed by atoms with Crippen LogP contribution in [-0.2, 0) is 20.7 Å². The van der Waals surface area contributed by atoms with Gasteiger partial charge < -0.3 is 14.6 Å². The number of rotatable bonds is 6. The number of carbonyl (C=O) groups excluding carboxylic acids is 1. The van der Waals surface area contributed by atoms with E-state index in [-0.39, 0.29) is 18.1 Å². The molecular formula is C25H27ClO4. The molecule has 2 aliphatic heterocycles. The van der Waals surface area contributed by atoms with Crippen LogP contribution in [0.3, 0.4) is 0 Å². The van der Waals surface area contributed by atoms with Crippen LogP contribution < -0.4 is 0 Å². The van der Waals surface area contributed by atoms with Crippen LogP contribution in [0.5, 0.6) is 0 Å². The lowest BCUT2D eigenvalue weighted by atomic mass is 9.85. The van der Waals surface area contributed by atoms with Gasteiger partial charge in [0.05, 0.1) is 12.2 Å². The van der Waals surface area contributed by atoms with Crippen molar-refractivity contribution in [3.05, 3.63) is 63.9 Å². The van der Waals surface area contributed by atoms with Gasteiger partial charge in [-0.05, 0) is 79.1 Å². The van der Waals surface area contributed by atoms with Crippen LogP contribution in [0, 0.1) is 6.92 Å². The van der Waals surface area contributed by atoms with Gasteiger partial charge in [0.15, 0.2) is 5.78 Å². The Morgan fingerprint density at radius 2 is 2.00 bits per heavy atom. The molecule has 0 radical (unpaired) electrons. The van der Waals surface area contributed by atoms with Crippen LogP contribution in [-0.4, -0.2) is 35.8 Å². The normalized spacial score (nSPS) is 23.3. The molecule has 5 heteroatoms. The predicted octanol–water partition coefficient (Wildman–Crippen LogP) is 5.68. The van der Waals surface area contributed by atoms with Crippen LogP contribution in [0.2, 0.25) is 5.02 Å². The van der Waals surface area contributed by atoms with Crippen molar-refractivity contribution >= 4 is 23.0 Å². The average molecular weight is 427 g/mol. The monoisotopic (exact) mass is 426 g/mol. The lowest BCUT2D eigenvalue weighted by Gasteiger charge is -2.34. The first kappa shape index (κ1) is 21.1. The minimum atomic E-state index is -0.929. The van der Waals surface area contributed by atoms with E-state index in [9.17, 15) is 9.90 Å². The van der Waals surface area contributed by atoms with Crippen molar-refractivity contribution in [2.24, 2.45) is 0 Å². The van der Waals surface area contributed by atoms with E-state index in [1.807, 2.05) is 44.2 Å². The summed E-state index contributed by atoms with van der Waals surface area (Å²) in [6, 6.07) is 11.9. The van der Waals surface area contributed by atoms with Crippen LogP contribution in [0.25, 0.3) is 16.7 Å². The maximum absolute atomic E-state index is 13.2. The van der Waals surface area contributed by atoms with E-state index >= 15 is 0 Å². The topological polar surface area (TPSA) is 55.8 Å². The predicted molar refractivity (Wildman–Crippen MR) is 119 cm³/mol. The zero-order valence-electron chi connectivity index (χ0n) is 17.6. The molecule has 158 valence electrons. The summed E-state index contributed by atoms with van der Waals surface area (Å²) >= 11 is 6.13. The number of hydrogen-bond donors (Lipinski definition) is 1. The largest absolute Gasteiger partial charge is 0.508 e. The van der Waals surface area contributed by atoms with E-state index < -0.39 is 11.7 Å². The Labute approximate surface area is 182 Å². The van der Waals surface area contributed by atoms with Gasteiger partial charge in [0, 0.05) is 11.6 Å². The van der Waals surface area contributed by atoms with E-state index in [4.69, 9.17) is 21.1 Å². The van der Waals surface area contributed by atoms with Crippen molar-refractivity contribution in [2.75, 3.05) is 13.2 Å². The Kier molecular flexibility index (Phi) is 5.75. The quantitative estimate of drug-likeness (QED) is 0.645. The van der Waals surface area contributed by atoms with Crippen molar-refractivity contribution in [2.45, 2.75) is 51.7 Å². The van der Waals surface area contributed by atoms with Gasteiger partial charge in [0.1, 0.15) is 17.5 Å². The third-order valence-electron chi connectivity index (χ3n) is 6.18. The Morgan fingerprint density at radius 1 is 1.20 bits per heavy atom. The summed E-state index contributed by atoms with van der Waals surface area (Å²) in [5, 5.41) is 12.0. The van der Waals surface area contributed by atoms with Gasteiger partial charge in [-0.25, -0.2) is 0 Å². The molecule has 2 aromatic rings. The van der Waals surface area contributed by atoms with Crippen molar-refractivity contribution in [1.82, 2.24) is 0 Å². The second-order valence-corrected chi connectivity index (χ2v) is 8.49. The second kappa shape index (κ2) is 8.18. The first-order chi connectivity index (χ1) is 14.4. The Morgan fingerprint density at radius 3 is 2.70 bits per heavy atom. The number of ketones is 1. The standard InChI is InChI=1S/C25H27ClO4/c1-4-16-6-7-17(19-9-8-18(26)12-15(19)3)13-20(16)22-23(27)21-10-11-25(30-21,24(22)28)14-29-5-2/h6-9,12-13,21,28H,4-5,10-11,14H2,1-3H3. The molecule has 0 aliphatic carbocycles. The molecule has 4 nitrogen and oxygen atoms in total. The molecule has 0 saturated carbocycles. The molecule has 2 heterocycles. The van der Waals surface area contributed by atoms with E-state index in [0.29, 0.717) is 30.0 Å². The minimum Gasteiger partial charge on any atom is -0.508 e. The smallest absolute Gasteiger partial charge is 0.195 e. The van der Waals surface area contributed by atoms with Crippen molar-refractivity contribution < 1.29 is 19.4 Å². The first-order valence-corrected chi connectivity index (χ1v) is 10.9. The lowest BCUT2D eigenvalue weighted by Crippen LogP contribution is -2.43. The highest BCUT2D eigenvalue weighted by molar-refractivity contribution is 6.30. The Hall–Kier alpha value is -2.14. The molecule has 1 fully saturated rings. The van der Waals surface area contributed by atoms with Crippen LogP contribution in [0.1, 0.15) is 43.4 Å². The number of ether oxygens (including phenoxy) is 2. The fraction of sp³-hybridized carbons (Fsp3) is 0.400. The molecule has 2 aromatic carbocycles. The maximum Gasteiger partial charge on any atom is 0.195 e. The van der Waals surface area contributed by atoms with Crippen LogP contribution in [0.15, 0.2) is 42.2 Å². The highest BCUT2D eigenvalue weighted by Crippen LogP contribution is 2.46. The SMILES string of the molecule is CCOCC12CCC(O1)C(=O)C(c1cc(-c3ccc(Cl)cc3C)ccc1CC)=C2O. The van der Waals surface area contributed by atoms with Gasteiger partial charge >= 0.3 is 0 Å². The molecule has 0 amide bonds. The average Bonchev–Trinajstić information content (AvgIpc) is 3.14. The highest BCUT2D eigenvalue weighted by Gasteiger charge is 2.53. The Balaban J connectivity index is 1.88. The molecule has 0 aromatic heterocycles. The molecular weight excluding hydrogens is 400 g/mol. The summed E-state index contributed by atoms with van der Waals surface area (Å²) in [6.07, 6.45) is 1.40. The lowest BCUT2D eigenvalue weighted by molar-refractivity contribution is -0.138. The first-order valence-electron chi connectivity index (χ1n) is 10.5. The number of aliphatic hydroxyl groups excluding tert-OH is 1. The van der Waals surface area contributed by atoms with Crippen molar-refractivity contribution in [1.29, 1.82) is 0 Å². The van der Waals surface area contributed by atoms with Crippen LogP contribution in [0.4, 0.5) is 0 Å². The number of benzene rings is 2. The molecule has 1 N–H and O–H groups in total. The molecule has 30 heavy (non-hydrogen) atoms. The molecule has 0 spiro atoms. The van der Waals surface area contributed by atoms with E-state index in [1.165, 1.54) is 0 Å². The third kappa shape index (κ3) is 3.47.